The quantitative estimate of drug-likeness (QED) is 0.624. The fraction of sp³-hybridized carbons (Fsp3) is 0.238. The van der Waals surface area contributed by atoms with Gasteiger partial charge in [0.2, 0.25) is 5.95 Å². The number of rotatable bonds is 6. The fourth-order valence-corrected chi connectivity index (χ4v) is 2.65. The lowest BCUT2D eigenvalue weighted by Crippen LogP contribution is -2.03. The van der Waals surface area contributed by atoms with Crippen molar-refractivity contribution in [1.29, 1.82) is 0 Å². The van der Waals surface area contributed by atoms with Crippen molar-refractivity contribution < 1.29 is 4.74 Å². The zero-order chi connectivity index (χ0) is 18.5. The number of nitrogens with zero attached hydrogens (tertiary/aromatic N) is 2. The summed E-state index contributed by atoms with van der Waals surface area (Å²) in [4.78, 5) is 9.05. The number of hydrogen-bond donors (Lipinski definition) is 2. The molecule has 0 aliphatic carbocycles. The largest absolute Gasteiger partial charge is 0.495 e. The standard InChI is InChI=1S/C21H24N4O/c1-14(2)16-9-11-17(12-10-16)23-21-22-15(3)13-20(25-21)24-18-7-5-6-8-19(18)26-4/h5-14H,1-4H3,(H2,22,23,24,25). The van der Waals surface area contributed by atoms with Crippen LogP contribution in [0.3, 0.4) is 0 Å². The van der Waals surface area contributed by atoms with Crippen LogP contribution in [0.4, 0.5) is 23.1 Å². The van der Waals surface area contributed by atoms with E-state index in [-0.39, 0.29) is 0 Å². The van der Waals surface area contributed by atoms with Crippen molar-refractivity contribution in [3.63, 3.8) is 0 Å². The summed E-state index contributed by atoms with van der Waals surface area (Å²) in [6, 6.07) is 18.0. The lowest BCUT2D eigenvalue weighted by Gasteiger charge is -2.13. The third-order valence-electron chi connectivity index (χ3n) is 4.06. The molecule has 0 aliphatic rings. The van der Waals surface area contributed by atoms with Crippen molar-refractivity contribution in [2.24, 2.45) is 0 Å². The molecule has 0 amide bonds. The minimum Gasteiger partial charge on any atom is -0.495 e. The van der Waals surface area contributed by atoms with E-state index >= 15 is 0 Å². The molecule has 5 nitrogen and oxygen atoms in total. The number of hydrogen-bond acceptors (Lipinski definition) is 5. The van der Waals surface area contributed by atoms with Gasteiger partial charge < -0.3 is 15.4 Å². The number of methoxy groups -OCH3 is 1. The number of anilines is 4. The molecule has 134 valence electrons. The van der Waals surface area contributed by atoms with Gasteiger partial charge in [0.1, 0.15) is 11.6 Å². The second kappa shape index (κ2) is 7.87. The predicted molar refractivity (Wildman–Crippen MR) is 107 cm³/mol. The van der Waals surface area contributed by atoms with E-state index in [1.54, 1.807) is 7.11 Å². The van der Waals surface area contributed by atoms with Gasteiger partial charge >= 0.3 is 0 Å². The van der Waals surface area contributed by atoms with Gasteiger partial charge in [-0.15, -0.1) is 0 Å². The molecule has 0 aliphatic heterocycles. The Morgan fingerprint density at radius 1 is 0.923 bits per heavy atom. The lowest BCUT2D eigenvalue weighted by molar-refractivity contribution is 0.417. The zero-order valence-corrected chi connectivity index (χ0v) is 15.6. The number of nitrogens with one attached hydrogen (secondary N) is 2. The Balaban J connectivity index is 1.81. The van der Waals surface area contributed by atoms with Gasteiger partial charge in [0.25, 0.3) is 0 Å². The second-order valence-corrected chi connectivity index (χ2v) is 6.45. The topological polar surface area (TPSA) is 59.1 Å². The molecule has 0 radical (unpaired) electrons. The summed E-state index contributed by atoms with van der Waals surface area (Å²) in [5, 5.41) is 6.57. The van der Waals surface area contributed by atoms with E-state index in [2.05, 4.69) is 46.6 Å². The normalized spacial score (nSPS) is 10.7. The minimum absolute atomic E-state index is 0.510. The average molecular weight is 348 g/mol. The van der Waals surface area contributed by atoms with Crippen molar-refractivity contribution >= 4 is 23.1 Å². The summed E-state index contributed by atoms with van der Waals surface area (Å²) >= 11 is 0. The number of aromatic nitrogens is 2. The van der Waals surface area contributed by atoms with Crippen LogP contribution < -0.4 is 15.4 Å². The second-order valence-electron chi connectivity index (χ2n) is 6.45. The molecule has 0 saturated carbocycles. The van der Waals surface area contributed by atoms with Crippen LogP contribution in [0.1, 0.15) is 31.0 Å². The Morgan fingerprint density at radius 3 is 2.35 bits per heavy atom. The summed E-state index contributed by atoms with van der Waals surface area (Å²) < 4.78 is 5.38. The maximum atomic E-state index is 5.38. The van der Waals surface area contributed by atoms with Gasteiger partial charge in [0, 0.05) is 17.4 Å². The molecule has 3 aromatic rings. The molecule has 1 heterocycles. The molecule has 1 aromatic heterocycles. The number of benzene rings is 2. The maximum Gasteiger partial charge on any atom is 0.229 e. The molecule has 0 unspecified atom stereocenters. The highest BCUT2D eigenvalue weighted by atomic mass is 16.5. The first kappa shape index (κ1) is 17.7. The van der Waals surface area contributed by atoms with Crippen LogP contribution in [0.2, 0.25) is 0 Å². The van der Waals surface area contributed by atoms with Gasteiger partial charge in [-0.3, -0.25) is 0 Å². The molecular formula is C21H24N4O. The molecule has 5 heteroatoms. The van der Waals surface area contributed by atoms with Crippen LogP contribution in [-0.2, 0) is 0 Å². The van der Waals surface area contributed by atoms with Gasteiger partial charge in [0.05, 0.1) is 12.8 Å². The van der Waals surface area contributed by atoms with Crippen LogP contribution in [0, 0.1) is 6.92 Å². The fourth-order valence-electron chi connectivity index (χ4n) is 2.65. The monoisotopic (exact) mass is 348 g/mol. The molecular weight excluding hydrogens is 324 g/mol. The predicted octanol–water partition coefficient (Wildman–Crippen LogP) is 5.40. The molecule has 0 bridgehead atoms. The minimum atomic E-state index is 0.510. The molecule has 0 spiro atoms. The van der Waals surface area contributed by atoms with Crippen molar-refractivity contribution in [2.75, 3.05) is 17.7 Å². The van der Waals surface area contributed by atoms with E-state index in [1.165, 1.54) is 5.56 Å². The third kappa shape index (κ3) is 4.30. The first-order valence-electron chi connectivity index (χ1n) is 8.68. The van der Waals surface area contributed by atoms with Gasteiger partial charge in [0.15, 0.2) is 0 Å². The molecule has 3 rings (SSSR count). The highest BCUT2D eigenvalue weighted by Crippen LogP contribution is 2.27. The van der Waals surface area contributed by atoms with E-state index in [0.717, 1.165) is 22.8 Å². The smallest absolute Gasteiger partial charge is 0.229 e. The summed E-state index contributed by atoms with van der Waals surface area (Å²) in [5.74, 6) is 2.54. The number of para-hydroxylation sites is 2. The van der Waals surface area contributed by atoms with E-state index in [9.17, 15) is 0 Å². The van der Waals surface area contributed by atoms with Crippen molar-refractivity contribution in [3.8, 4) is 5.75 Å². The van der Waals surface area contributed by atoms with E-state index in [4.69, 9.17) is 4.74 Å². The lowest BCUT2D eigenvalue weighted by atomic mass is 10.0. The Hall–Kier alpha value is -3.08. The van der Waals surface area contributed by atoms with E-state index in [0.29, 0.717) is 17.7 Å². The van der Waals surface area contributed by atoms with Gasteiger partial charge in [-0.2, -0.15) is 4.98 Å². The van der Waals surface area contributed by atoms with Gasteiger partial charge in [-0.1, -0.05) is 38.1 Å². The van der Waals surface area contributed by atoms with Crippen LogP contribution in [0.15, 0.2) is 54.6 Å². The van der Waals surface area contributed by atoms with Crippen LogP contribution >= 0.6 is 0 Å². The Labute approximate surface area is 154 Å². The first-order chi connectivity index (χ1) is 12.5. The van der Waals surface area contributed by atoms with Crippen LogP contribution in [0.25, 0.3) is 0 Å². The summed E-state index contributed by atoms with van der Waals surface area (Å²) in [7, 11) is 1.65. The molecule has 26 heavy (non-hydrogen) atoms. The third-order valence-corrected chi connectivity index (χ3v) is 4.06. The maximum absolute atomic E-state index is 5.38. The molecule has 2 aromatic carbocycles. The van der Waals surface area contributed by atoms with Crippen LogP contribution in [-0.4, -0.2) is 17.1 Å². The van der Waals surface area contributed by atoms with E-state index < -0.39 is 0 Å². The van der Waals surface area contributed by atoms with Crippen molar-refractivity contribution in [2.45, 2.75) is 26.7 Å². The Kier molecular flexibility index (Phi) is 5.37. The molecule has 0 fully saturated rings. The Morgan fingerprint density at radius 2 is 1.65 bits per heavy atom. The summed E-state index contributed by atoms with van der Waals surface area (Å²) in [6.07, 6.45) is 0. The highest BCUT2D eigenvalue weighted by molar-refractivity contribution is 5.65. The molecule has 0 atom stereocenters. The SMILES string of the molecule is COc1ccccc1Nc1cc(C)nc(Nc2ccc(C(C)C)cc2)n1. The highest BCUT2D eigenvalue weighted by Gasteiger charge is 2.07. The van der Waals surface area contributed by atoms with Gasteiger partial charge in [-0.05, 0) is 42.7 Å². The summed E-state index contributed by atoms with van der Waals surface area (Å²) in [5.41, 5.74) is 4.00. The van der Waals surface area contributed by atoms with Crippen LogP contribution in [0.5, 0.6) is 5.75 Å². The van der Waals surface area contributed by atoms with E-state index in [1.807, 2.05) is 49.4 Å². The summed E-state index contributed by atoms with van der Waals surface area (Å²) in [6.45, 7) is 6.31. The zero-order valence-electron chi connectivity index (χ0n) is 15.6. The molecule has 0 saturated heterocycles. The number of aryl methyl sites for hydroxylation is 1. The van der Waals surface area contributed by atoms with Crippen molar-refractivity contribution in [1.82, 2.24) is 9.97 Å². The first-order valence-corrected chi connectivity index (χ1v) is 8.68. The number of ether oxygens (including phenoxy) is 1. The van der Waals surface area contributed by atoms with Crippen molar-refractivity contribution in [3.05, 3.63) is 65.9 Å². The Bertz CT molecular complexity index is 875. The average Bonchev–Trinajstić information content (AvgIpc) is 2.62. The molecule has 2 N–H and O–H groups in total. The van der Waals surface area contributed by atoms with Gasteiger partial charge in [-0.25, -0.2) is 4.98 Å².